The molecule has 16 heteroatoms. The Morgan fingerprint density at radius 1 is 1.27 bits per heavy atom. The van der Waals surface area contributed by atoms with Crippen LogP contribution in [0.5, 0.6) is 17.5 Å². The normalized spacial score (nSPS) is 12.7. The number of nitrogens with zero attached hydrogens (tertiary/aromatic N) is 7. The number of hydrogen-bond acceptors (Lipinski definition) is 9. The van der Waals surface area contributed by atoms with Gasteiger partial charge < -0.3 is 14.6 Å². The molecule has 196 valence electrons. The summed E-state index contributed by atoms with van der Waals surface area (Å²) in [6, 6.07) is 1.55. The summed E-state index contributed by atoms with van der Waals surface area (Å²) in [4.78, 5) is 20.5. The van der Waals surface area contributed by atoms with Gasteiger partial charge in [0.1, 0.15) is 12.0 Å². The van der Waals surface area contributed by atoms with Crippen molar-refractivity contribution in [1.82, 2.24) is 34.5 Å². The van der Waals surface area contributed by atoms with Gasteiger partial charge in [-0.05, 0) is 32.4 Å². The zero-order valence-electron chi connectivity index (χ0n) is 19.4. The van der Waals surface area contributed by atoms with E-state index in [2.05, 4.69) is 25.3 Å². The van der Waals surface area contributed by atoms with E-state index in [-0.39, 0.29) is 23.3 Å². The van der Waals surface area contributed by atoms with Gasteiger partial charge in [0.25, 0.3) is 5.88 Å². The average Bonchev–Trinajstić information content (AvgIpc) is 3.17. The van der Waals surface area contributed by atoms with Gasteiger partial charge in [-0.15, -0.1) is 10.2 Å². The van der Waals surface area contributed by atoms with Gasteiger partial charge in [-0.25, -0.2) is 14.2 Å². The number of aromatic nitrogens is 7. The molecule has 1 atom stereocenters. The Hall–Kier alpha value is -3.85. The molecule has 0 unspecified atom stereocenters. The van der Waals surface area contributed by atoms with E-state index in [0.29, 0.717) is 10.2 Å². The molecule has 0 radical (unpaired) electrons. The molecule has 0 aliphatic heterocycles. The summed E-state index contributed by atoms with van der Waals surface area (Å²) in [6.45, 7) is 3.34. The molecule has 0 aliphatic rings. The van der Waals surface area contributed by atoms with Gasteiger partial charge in [-0.1, -0.05) is 11.6 Å². The third-order valence-corrected chi connectivity index (χ3v) is 5.55. The largest absolute Gasteiger partial charge is 0.464 e. The maximum Gasteiger partial charge on any atom is 0.425 e. The second kappa shape index (κ2) is 9.89. The molecule has 0 spiro atoms. The van der Waals surface area contributed by atoms with Crippen LogP contribution in [0.15, 0.2) is 23.3 Å². The molecule has 0 aromatic carbocycles. The predicted molar refractivity (Wildman–Crippen MR) is 120 cm³/mol. The molecule has 0 aliphatic carbocycles. The van der Waals surface area contributed by atoms with Gasteiger partial charge in [-0.3, -0.25) is 4.57 Å². The summed E-state index contributed by atoms with van der Waals surface area (Å²) >= 11 is 6.09. The Balaban J connectivity index is 2.01. The van der Waals surface area contributed by atoms with Gasteiger partial charge in [-0.2, -0.15) is 27.9 Å². The zero-order chi connectivity index (χ0) is 27.1. The molecule has 4 rings (SSSR count). The number of aliphatic hydroxyl groups is 1. The highest BCUT2D eigenvalue weighted by Crippen LogP contribution is 2.39. The molecule has 1 N–H and O–H groups in total. The van der Waals surface area contributed by atoms with Gasteiger partial charge in [0, 0.05) is 12.7 Å². The smallest absolute Gasteiger partial charge is 0.425 e. The maximum atomic E-state index is 15.7. The first-order valence-electron chi connectivity index (χ1n) is 10.6. The van der Waals surface area contributed by atoms with Crippen molar-refractivity contribution >= 4 is 22.4 Å². The van der Waals surface area contributed by atoms with Gasteiger partial charge in [0.2, 0.25) is 5.88 Å². The van der Waals surface area contributed by atoms with Gasteiger partial charge >= 0.3 is 11.9 Å². The fourth-order valence-corrected chi connectivity index (χ4v) is 3.58. The van der Waals surface area contributed by atoms with Crippen molar-refractivity contribution in [2.75, 3.05) is 0 Å². The second-order valence-electron chi connectivity index (χ2n) is 7.66. The van der Waals surface area contributed by atoms with Crippen LogP contribution in [0.1, 0.15) is 25.2 Å². The maximum absolute atomic E-state index is 15.7. The SMILES string of the molecule is CCn1c(CO)nn(-c2nc(O[C@@H](C)C(F)(F)F)c3c(Oc4c(C)ccnc4Cl)nncc3c2F)c1=O. The van der Waals surface area contributed by atoms with Crippen molar-refractivity contribution in [3.05, 3.63) is 51.3 Å². The van der Waals surface area contributed by atoms with E-state index in [1.165, 1.54) is 6.20 Å². The fourth-order valence-electron chi connectivity index (χ4n) is 3.34. The highest BCUT2D eigenvalue weighted by atomic mass is 35.5. The standard InChI is InChI=1S/C21H18ClF4N7O4/c1-4-32-12(8-34)31-33(20(32)35)17-14(23)11-7-28-30-19(37-15-9(2)5-6-27-16(15)22)13(11)18(29-17)36-10(3)21(24,25)26/h5-7,10,34H,4,8H2,1-3H3/t10-/m0/s1. The summed E-state index contributed by atoms with van der Waals surface area (Å²) in [5.41, 5.74) is -0.397. The van der Waals surface area contributed by atoms with Crippen molar-refractivity contribution < 1.29 is 32.1 Å². The first-order chi connectivity index (χ1) is 17.5. The summed E-state index contributed by atoms with van der Waals surface area (Å²) in [5.74, 6) is -3.31. The van der Waals surface area contributed by atoms with Crippen LogP contribution in [-0.2, 0) is 13.2 Å². The molecular weight excluding hydrogens is 526 g/mol. The van der Waals surface area contributed by atoms with Crippen LogP contribution in [0, 0.1) is 12.7 Å². The van der Waals surface area contributed by atoms with Crippen molar-refractivity contribution in [2.24, 2.45) is 0 Å². The van der Waals surface area contributed by atoms with Crippen LogP contribution in [0.4, 0.5) is 17.6 Å². The quantitative estimate of drug-likeness (QED) is 0.275. The minimum Gasteiger partial charge on any atom is -0.464 e. The molecule has 0 saturated heterocycles. The summed E-state index contributed by atoms with van der Waals surface area (Å²) in [5, 5.41) is 19.9. The number of pyridine rings is 2. The summed E-state index contributed by atoms with van der Waals surface area (Å²) in [6.07, 6.45) is -4.91. The minimum atomic E-state index is -4.82. The van der Waals surface area contributed by atoms with Gasteiger partial charge in [0.05, 0.1) is 11.6 Å². The van der Waals surface area contributed by atoms with Gasteiger partial charge in [0.15, 0.2) is 34.5 Å². The number of rotatable bonds is 7. The Morgan fingerprint density at radius 2 is 2.00 bits per heavy atom. The summed E-state index contributed by atoms with van der Waals surface area (Å²) in [7, 11) is 0. The number of halogens is 5. The van der Waals surface area contributed by atoms with Crippen molar-refractivity contribution in [3.63, 3.8) is 0 Å². The molecule has 11 nitrogen and oxygen atoms in total. The highest BCUT2D eigenvalue weighted by Gasteiger charge is 2.39. The van der Waals surface area contributed by atoms with Crippen LogP contribution >= 0.6 is 11.6 Å². The molecule has 0 amide bonds. The Bertz CT molecular complexity index is 1520. The number of aliphatic hydroxyl groups excluding tert-OH is 1. The second-order valence-corrected chi connectivity index (χ2v) is 8.02. The van der Waals surface area contributed by atoms with E-state index >= 15 is 4.39 Å². The van der Waals surface area contributed by atoms with E-state index in [9.17, 15) is 23.1 Å². The molecule has 0 fully saturated rings. The number of aryl methyl sites for hydroxylation is 1. The van der Waals surface area contributed by atoms with Crippen LogP contribution in [-0.4, -0.2) is 51.9 Å². The number of hydrogen-bond donors (Lipinski definition) is 1. The number of fused-ring (bicyclic) bond motifs is 1. The molecule has 4 aromatic heterocycles. The Kier molecular flexibility index (Phi) is 7.01. The fraction of sp³-hybridized carbons (Fsp3) is 0.333. The Morgan fingerprint density at radius 3 is 2.59 bits per heavy atom. The topological polar surface area (TPSA) is 130 Å². The van der Waals surface area contributed by atoms with Crippen molar-refractivity contribution in [1.29, 1.82) is 0 Å². The van der Waals surface area contributed by atoms with Crippen LogP contribution in [0.25, 0.3) is 16.6 Å². The number of alkyl halides is 3. The van der Waals surface area contributed by atoms with Crippen LogP contribution < -0.4 is 15.2 Å². The molecule has 4 heterocycles. The first kappa shape index (κ1) is 26.2. The zero-order valence-corrected chi connectivity index (χ0v) is 20.2. The van der Waals surface area contributed by atoms with Crippen LogP contribution in [0.3, 0.4) is 0 Å². The predicted octanol–water partition coefficient (Wildman–Crippen LogP) is 3.50. The molecular formula is C21H18ClF4N7O4. The summed E-state index contributed by atoms with van der Waals surface area (Å²) < 4.78 is 68.2. The van der Waals surface area contributed by atoms with E-state index < -0.39 is 58.7 Å². The van der Waals surface area contributed by atoms with E-state index in [1.807, 2.05) is 0 Å². The van der Waals surface area contributed by atoms with E-state index in [1.54, 1.807) is 19.9 Å². The lowest BCUT2D eigenvalue weighted by molar-refractivity contribution is -0.189. The third-order valence-electron chi connectivity index (χ3n) is 5.28. The van der Waals surface area contributed by atoms with Crippen molar-refractivity contribution in [3.8, 4) is 23.3 Å². The molecule has 0 saturated carbocycles. The lowest BCUT2D eigenvalue weighted by Crippen LogP contribution is -2.32. The highest BCUT2D eigenvalue weighted by molar-refractivity contribution is 6.31. The lowest BCUT2D eigenvalue weighted by atomic mass is 10.2. The van der Waals surface area contributed by atoms with Crippen molar-refractivity contribution in [2.45, 2.75) is 46.2 Å². The van der Waals surface area contributed by atoms with E-state index in [4.69, 9.17) is 21.1 Å². The third kappa shape index (κ3) is 4.79. The number of ether oxygens (including phenoxy) is 2. The average molecular weight is 544 g/mol. The monoisotopic (exact) mass is 543 g/mol. The first-order valence-corrected chi connectivity index (χ1v) is 11.0. The van der Waals surface area contributed by atoms with Crippen LogP contribution in [0.2, 0.25) is 5.15 Å². The molecule has 4 aromatic rings. The molecule has 0 bridgehead atoms. The van der Waals surface area contributed by atoms with E-state index in [0.717, 1.165) is 17.7 Å². The minimum absolute atomic E-state index is 0.00392. The molecule has 37 heavy (non-hydrogen) atoms. The Labute approximate surface area is 210 Å². The lowest BCUT2D eigenvalue weighted by Gasteiger charge is -2.19.